The van der Waals surface area contributed by atoms with Crippen LogP contribution in [0.2, 0.25) is 0 Å². The number of carbonyl (C=O) groups is 1. The van der Waals surface area contributed by atoms with Crippen LogP contribution in [0.1, 0.15) is 37.9 Å². The van der Waals surface area contributed by atoms with Crippen LogP contribution in [0.25, 0.3) is 0 Å². The lowest BCUT2D eigenvalue weighted by Crippen LogP contribution is -2.37. The summed E-state index contributed by atoms with van der Waals surface area (Å²) >= 11 is 0. The molecule has 0 bridgehead atoms. The lowest BCUT2D eigenvalue weighted by molar-refractivity contribution is 0.177. The summed E-state index contributed by atoms with van der Waals surface area (Å²) in [6.07, 6.45) is 1.31. The van der Waals surface area contributed by atoms with Gasteiger partial charge in [-0.15, -0.1) is 0 Å². The van der Waals surface area contributed by atoms with E-state index in [1.54, 1.807) is 17.2 Å². The Bertz CT molecular complexity index is 745. The Morgan fingerprint density at radius 1 is 1.20 bits per heavy atom. The molecule has 1 amide bonds. The minimum atomic E-state index is -0.352. The topological polar surface area (TPSA) is 67.4 Å². The molecule has 6 nitrogen and oxygen atoms in total. The summed E-state index contributed by atoms with van der Waals surface area (Å²) < 4.78 is 5.20. The van der Waals surface area contributed by atoms with Crippen molar-refractivity contribution in [3.8, 4) is 0 Å². The predicted octanol–water partition coefficient (Wildman–Crippen LogP) is 3.94. The molecule has 0 aliphatic carbocycles. The molecule has 1 fully saturated rings. The first-order valence-corrected chi connectivity index (χ1v) is 8.58. The highest BCUT2D eigenvalue weighted by molar-refractivity contribution is 5.89. The van der Waals surface area contributed by atoms with Gasteiger partial charge in [0.25, 0.3) is 0 Å². The van der Waals surface area contributed by atoms with Gasteiger partial charge >= 0.3 is 6.09 Å². The van der Waals surface area contributed by atoms with Crippen molar-refractivity contribution >= 4 is 17.9 Å². The second-order valence-corrected chi connectivity index (χ2v) is 6.77. The van der Waals surface area contributed by atoms with Gasteiger partial charge in [-0.1, -0.05) is 43.7 Å². The number of rotatable bonds is 5. The Kier molecular flexibility index (Phi) is 4.88. The second-order valence-electron chi connectivity index (χ2n) is 6.77. The van der Waals surface area contributed by atoms with Gasteiger partial charge in [0.1, 0.15) is 12.4 Å². The SMILES string of the molecule is Cc1ccc([C@H](C)Nc2nccc(N3C(=O)OCC3C(C)C)n2)cc1. The Morgan fingerprint density at radius 3 is 2.60 bits per heavy atom. The molecule has 0 radical (unpaired) electrons. The molecule has 2 aromatic rings. The zero-order valence-corrected chi connectivity index (χ0v) is 15.1. The molecule has 2 heterocycles. The fourth-order valence-corrected chi connectivity index (χ4v) is 2.88. The number of nitrogens with one attached hydrogen (secondary N) is 1. The molecule has 1 N–H and O–H groups in total. The standard InChI is InChI=1S/C19H24N4O2/c1-12(2)16-11-25-19(24)23(16)17-9-10-20-18(22-17)21-14(4)15-7-5-13(3)6-8-15/h5-10,12,14,16H,11H2,1-4H3,(H,20,21,22)/t14-,16?/m0/s1. The maximum absolute atomic E-state index is 12.1. The van der Waals surface area contributed by atoms with Crippen molar-refractivity contribution in [1.29, 1.82) is 0 Å². The summed E-state index contributed by atoms with van der Waals surface area (Å²) in [5.74, 6) is 1.34. The van der Waals surface area contributed by atoms with Gasteiger partial charge in [0.05, 0.1) is 12.1 Å². The van der Waals surface area contributed by atoms with E-state index in [2.05, 4.69) is 67.2 Å². The summed E-state index contributed by atoms with van der Waals surface area (Å²) in [4.78, 5) is 22.5. The van der Waals surface area contributed by atoms with Crippen molar-refractivity contribution in [2.24, 2.45) is 5.92 Å². The molecule has 1 aliphatic heterocycles. The normalized spacial score (nSPS) is 18.4. The monoisotopic (exact) mass is 340 g/mol. The van der Waals surface area contributed by atoms with Gasteiger partial charge in [0.15, 0.2) is 0 Å². The van der Waals surface area contributed by atoms with Crippen LogP contribution in [-0.4, -0.2) is 28.7 Å². The van der Waals surface area contributed by atoms with Crippen molar-refractivity contribution in [3.05, 3.63) is 47.7 Å². The zero-order valence-electron chi connectivity index (χ0n) is 15.1. The van der Waals surface area contributed by atoms with Crippen LogP contribution in [0.15, 0.2) is 36.5 Å². The maximum Gasteiger partial charge on any atom is 0.415 e. The fraction of sp³-hybridized carbons (Fsp3) is 0.421. The first-order chi connectivity index (χ1) is 12.0. The van der Waals surface area contributed by atoms with E-state index in [-0.39, 0.29) is 24.1 Å². The number of anilines is 2. The minimum Gasteiger partial charge on any atom is -0.447 e. The van der Waals surface area contributed by atoms with Crippen molar-refractivity contribution in [2.45, 2.75) is 39.8 Å². The van der Waals surface area contributed by atoms with Crippen molar-refractivity contribution in [3.63, 3.8) is 0 Å². The average Bonchev–Trinajstić information content (AvgIpc) is 2.97. The molecule has 25 heavy (non-hydrogen) atoms. The predicted molar refractivity (Wildman–Crippen MR) is 97.7 cm³/mol. The number of cyclic esters (lactones) is 1. The quantitative estimate of drug-likeness (QED) is 0.893. The van der Waals surface area contributed by atoms with E-state index in [1.807, 2.05) is 0 Å². The van der Waals surface area contributed by atoms with Gasteiger partial charge in [-0.25, -0.2) is 9.78 Å². The lowest BCUT2D eigenvalue weighted by Gasteiger charge is -2.23. The Labute approximate surface area is 148 Å². The number of benzene rings is 1. The summed E-state index contributed by atoms with van der Waals surface area (Å²) in [6, 6.07) is 10.1. The number of hydrogen-bond donors (Lipinski definition) is 1. The van der Waals surface area contributed by atoms with Gasteiger partial charge in [0, 0.05) is 6.20 Å². The van der Waals surface area contributed by atoms with Crippen LogP contribution in [-0.2, 0) is 4.74 Å². The molecule has 1 saturated heterocycles. The number of amides is 1. The highest BCUT2D eigenvalue weighted by Gasteiger charge is 2.37. The molecule has 6 heteroatoms. The molecule has 3 rings (SSSR count). The first kappa shape index (κ1) is 17.2. The highest BCUT2D eigenvalue weighted by atomic mass is 16.6. The van der Waals surface area contributed by atoms with Crippen molar-refractivity contribution in [1.82, 2.24) is 9.97 Å². The molecular weight excluding hydrogens is 316 g/mol. The molecule has 1 aromatic heterocycles. The number of ether oxygens (including phenoxy) is 1. The Balaban J connectivity index is 1.79. The molecule has 0 saturated carbocycles. The zero-order chi connectivity index (χ0) is 18.0. The van der Waals surface area contributed by atoms with Gasteiger partial charge in [-0.3, -0.25) is 4.90 Å². The number of hydrogen-bond acceptors (Lipinski definition) is 5. The number of aromatic nitrogens is 2. The van der Waals surface area contributed by atoms with Gasteiger partial charge in [-0.05, 0) is 31.4 Å². The van der Waals surface area contributed by atoms with E-state index in [1.165, 1.54) is 5.56 Å². The summed E-state index contributed by atoms with van der Waals surface area (Å²) in [6.45, 7) is 8.65. The maximum atomic E-state index is 12.1. The number of aryl methyl sites for hydroxylation is 1. The van der Waals surface area contributed by atoms with Crippen LogP contribution in [0, 0.1) is 12.8 Å². The molecule has 2 atom stereocenters. The second kappa shape index (κ2) is 7.09. The average molecular weight is 340 g/mol. The van der Waals surface area contributed by atoms with E-state index in [9.17, 15) is 4.79 Å². The largest absolute Gasteiger partial charge is 0.447 e. The molecular formula is C19H24N4O2. The third-order valence-electron chi connectivity index (χ3n) is 4.49. The number of nitrogens with zero attached hydrogens (tertiary/aromatic N) is 3. The van der Waals surface area contributed by atoms with Crippen LogP contribution in [0.4, 0.5) is 16.6 Å². The van der Waals surface area contributed by atoms with Gasteiger partial charge < -0.3 is 10.1 Å². The van der Waals surface area contributed by atoms with Crippen LogP contribution in [0.3, 0.4) is 0 Å². The third kappa shape index (κ3) is 3.73. The molecule has 1 aliphatic rings. The van der Waals surface area contributed by atoms with Crippen LogP contribution < -0.4 is 10.2 Å². The van der Waals surface area contributed by atoms with E-state index in [4.69, 9.17) is 4.74 Å². The lowest BCUT2D eigenvalue weighted by atomic mass is 10.0. The van der Waals surface area contributed by atoms with E-state index < -0.39 is 0 Å². The first-order valence-electron chi connectivity index (χ1n) is 8.58. The molecule has 132 valence electrons. The van der Waals surface area contributed by atoms with Gasteiger partial charge in [0.2, 0.25) is 5.95 Å². The smallest absolute Gasteiger partial charge is 0.415 e. The van der Waals surface area contributed by atoms with Crippen molar-refractivity contribution in [2.75, 3.05) is 16.8 Å². The van der Waals surface area contributed by atoms with Crippen LogP contribution in [0.5, 0.6) is 0 Å². The third-order valence-corrected chi connectivity index (χ3v) is 4.49. The van der Waals surface area contributed by atoms with Crippen molar-refractivity contribution < 1.29 is 9.53 Å². The van der Waals surface area contributed by atoms with E-state index in [0.29, 0.717) is 18.4 Å². The van der Waals surface area contributed by atoms with Gasteiger partial charge in [-0.2, -0.15) is 4.98 Å². The van der Waals surface area contributed by atoms with E-state index >= 15 is 0 Å². The van der Waals surface area contributed by atoms with E-state index in [0.717, 1.165) is 5.56 Å². The minimum absolute atomic E-state index is 0.00947. The Morgan fingerprint density at radius 2 is 1.92 bits per heavy atom. The fourth-order valence-electron chi connectivity index (χ4n) is 2.88. The summed E-state index contributed by atoms with van der Waals surface area (Å²) in [5.41, 5.74) is 2.38. The summed E-state index contributed by atoms with van der Waals surface area (Å²) in [5, 5.41) is 3.30. The molecule has 1 unspecified atom stereocenters. The molecule has 1 aromatic carbocycles. The highest BCUT2D eigenvalue weighted by Crippen LogP contribution is 2.26. The number of carbonyl (C=O) groups excluding carboxylic acids is 1. The summed E-state index contributed by atoms with van der Waals surface area (Å²) in [7, 11) is 0. The van der Waals surface area contributed by atoms with Crippen LogP contribution >= 0.6 is 0 Å². The Hall–Kier alpha value is -2.63. The molecule has 0 spiro atoms.